The molecule has 0 radical (unpaired) electrons. The van der Waals surface area contributed by atoms with Crippen molar-refractivity contribution in [2.45, 2.75) is 0 Å². The number of nitrogens with zero attached hydrogens (tertiary/aromatic N) is 3. The van der Waals surface area contributed by atoms with Gasteiger partial charge in [0.25, 0.3) is 0 Å². The van der Waals surface area contributed by atoms with Gasteiger partial charge in [-0.25, -0.2) is 9.97 Å². The van der Waals surface area contributed by atoms with Crippen LogP contribution in [0.2, 0.25) is 0 Å². The zero-order valence-electron chi connectivity index (χ0n) is 25.8. The van der Waals surface area contributed by atoms with Gasteiger partial charge in [-0.15, -0.1) is 11.3 Å². The maximum atomic E-state index is 5.17. The van der Waals surface area contributed by atoms with E-state index in [1.165, 1.54) is 54.1 Å². The monoisotopic (exact) mass is 629 g/mol. The highest BCUT2D eigenvalue weighted by Crippen LogP contribution is 2.43. The van der Waals surface area contributed by atoms with Gasteiger partial charge < -0.3 is 0 Å². The lowest BCUT2D eigenvalue weighted by atomic mass is 9.98. The highest BCUT2D eigenvalue weighted by atomic mass is 32.1. The van der Waals surface area contributed by atoms with Gasteiger partial charge in [-0.3, -0.25) is 4.40 Å². The van der Waals surface area contributed by atoms with E-state index in [1.807, 2.05) is 23.5 Å². The second-order valence-corrected chi connectivity index (χ2v) is 13.2. The van der Waals surface area contributed by atoms with Gasteiger partial charge >= 0.3 is 0 Å². The minimum Gasteiger partial charge on any atom is -0.300 e. The zero-order chi connectivity index (χ0) is 31.6. The van der Waals surface area contributed by atoms with Crippen molar-refractivity contribution in [1.29, 1.82) is 0 Å². The number of hydrogen-bond acceptors (Lipinski definition) is 3. The van der Waals surface area contributed by atoms with Crippen LogP contribution in [0.1, 0.15) is 0 Å². The van der Waals surface area contributed by atoms with Gasteiger partial charge in [-0.1, -0.05) is 121 Å². The maximum absolute atomic E-state index is 5.17. The molecule has 0 amide bonds. The normalized spacial score (nSPS) is 11.8. The molecule has 3 nitrogen and oxygen atoms in total. The molecule has 0 aliphatic carbocycles. The molecule has 0 fully saturated rings. The molecular formula is C44H27N3S. The van der Waals surface area contributed by atoms with Crippen LogP contribution in [-0.4, -0.2) is 14.4 Å². The second-order valence-electron chi connectivity index (χ2n) is 12.3. The minimum absolute atomic E-state index is 0.711. The Kier molecular flexibility index (Phi) is 6.05. The summed E-state index contributed by atoms with van der Waals surface area (Å²) in [5, 5.41) is 7.38. The summed E-state index contributed by atoms with van der Waals surface area (Å²) in [6.07, 6.45) is 0. The predicted octanol–water partition coefficient (Wildman–Crippen LogP) is 12.0. The second kappa shape index (κ2) is 10.7. The smallest absolute Gasteiger partial charge is 0.160 e. The zero-order valence-corrected chi connectivity index (χ0v) is 26.7. The molecule has 0 unspecified atom stereocenters. The molecule has 4 heterocycles. The number of rotatable bonds is 5. The van der Waals surface area contributed by atoms with Crippen LogP contribution in [-0.2, 0) is 0 Å². The molecular weight excluding hydrogens is 603 g/mol. The Bertz CT molecular complexity index is 2760. The van der Waals surface area contributed by atoms with Crippen molar-refractivity contribution in [3.05, 3.63) is 163 Å². The van der Waals surface area contributed by atoms with Gasteiger partial charge in [0.1, 0.15) is 4.83 Å². The van der Waals surface area contributed by atoms with Gasteiger partial charge in [0.15, 0.2) is 5.82 Å². The largest absolute Gasteiger partial charge is 0.300 e. The number of benzene rings is 6. The van der Waals surface area contributed by atoms with E-state index in [4.69, 9.17) is 9.97 Å². The van der Waals surface area contributed by atoms with E-state index in [-0.39, 0.29) is 0 Å². The van der Waals surface area contributed by atoms with Gasteiger partial charge in [0.05, 0.1) is 22.4 Å². The third kappa shape index (κ3) is 4.27. The van der Waals surface area contributed by atoms with Crippen molar-refractivity contribution in [2.75, 3.05) is 0 Å². The van der Waals surface area contributed by atoms with E-state index in [9.17, 15) is 0 Å². The lowest BCUT2D eigenvalue weighted by molar-refractivity contribution is 1.18. The molecule has 224 valence electrons. The Hall–Kier alpha value is -6.10. The predicted molar refractivity (Wildman–Crippen MR) is 202 cm³/mol. The summed E-state index contributed by atoms with van der Waals surface area (Å²) in [5.74, 6) is 0.711. The van der Waals surface area contributed by atoms with Gasteiger partial charge in [-0.2, -0.15) is 0 Å². The lowest BCUT2D eigenvalue weighted by Crippen LogP contribution is -1.96. The molecule has 0 aliphatic heterocycles. The maximum Gasteiger partial charge on any atom is 0.160 e. The van der Waals surface area contributed by atoms with Crippen LogP contribution in [0, 0.1) is 0 Å². The number of para-hydroxylation sites is 1. The van der Waals surface area contributed by atoms with Crippen LogP contribution in [0.15, 0.2) is 163 Å². The summed E-state index contributed by atoms with van der Waals surface area (Å²) in [6.45, 7) is 0. The highest BCUT2D eigenvalue weighted by Gasteiger charge is 2.20. The van der Waals surface area contributed by atoms with Crippen LogP contribution in [0.4, 0.5) is 0 Å². The number of hydrogen-bond donors (Lipinski definition) is 0. The van der Waals surface area contributed by atoms with Crippen LogP contribution in [0.5, 0.6) is 0 Å². The Morgan fingerprint density at radius 1 is 0.396 bits per heavy atom. The molecule has 10 aromatic rings. The first-order valence-electron chi connectivity index (χ1n) is 16.2. The fourth-order valence-electron chi connectivity index (χ4n) is 7.14. The number of fused-ring (bicyclic) bond motifs is 6. The molecule has 0 aliphatic rings. The minimum atomic E-state index is 0.711. The molecule has 4 aromatic heterocycles. The summed E-state index contributed by atoms with van der Waals surface area (Å²) in [4.78, 5) is 11.6. The molecule has 0 N–H and O–H groups in total. The van der Waals surface area contributed by atoms with E-state index >= 15 is 0 Å². The van der Waals surface area contributed by atoms with Crippen molar-refractivity contribution in [3.8, 4) is 56.2 Å². The van der Waals surface area contributed by atoms with Gasteiger partial charge in [0.2, 0.25) is 0 Å². The summed E-state index contributed by atoms with van der Waals surface area (Å²) in [5.41, 5.74) is 12.2. The average Bonchev–Trinajstić information content (AvgIpc) is 3.86. The third-order valence-electron chi connectivity index (χ3n) is 9.44. The Balaban J connectivity index is 1.12. The van der Waals surface area contributed by atoms with Crippen LogP contribution in [0.25, 0.3) is 93.6 Å². The van der Waals surface area contributed by atoms with Crippen molar-refractivity contribution in [2.24, 2.45) is 0 Å². The molecule has 6 aromatic carbocycles. The fraction of sp³-hybridized carbons (Fsp3) is 0. The molecule has 0 saturated heterocycles. The molecule has 0 bridgehead atoms. The first-order valence-corrected chi connectivity index (χ1v) is 17.0. The van der Waals surface area contributed by atoms with E-state index in [2.05, 4.69) is 155 Å². The Labute approximate surface area is 281 Å². The van der Waals surface area contributed by atoms with Crippen molar-refractivity contribution < 1.29 is 0 Å². The highest BCUT2D eigenvalue weighted by molar-refractivity contribution is 7.17. The van der Waals surface area contributed by atoms with Crippen LogP contribution >= 0.6 is 11.3 Å². The first-order chi connectivity index (χ1) is 23.8. The summed E-state index contributed by atoms with van der Waals surface area (Å²) >= 11 is 1.81. The molecule has 0 atom stereocenters. The standard InChI is InChI=1S/C44H27N3S/c1-3-10-28(11-4-1)29-18-20-31(21-19-29)40-27-39(30-12-5-2-6-13-30)45-43(46-40)33-15-9-14-32(24-33)34-25-37-35-16-7-8-17-41(35)47-42(37)38(26-34)36-22-23-48-44(36)47/h1-27H. The van der Waals surface area contributed by atoms with E-state index in [0.29, 0.717) is 5.82 Å². The third-order valence-corrected chi connectivity index (χ3v) is 10.3. The molecule has 0 saturated carbocycles. The van der Waals surface area contributed by atoms with Gasteiger partial charge in [-0.05, 0) is 64.0 Å². The summed E-state index contributed by atoms with van der Waals surface area (Å²) < 4.78 is 2.44. The average molecular weight is 630 g/mol. The fourth-order valence-corrected chi connectivity index (χ4v) is 8.08. The van der Waals surface area contributed by atoms with Crippen LogP contribution in [0.3, 0.4) is 0 Å². The van der Waals surface area contributed by atoms with Gasteiger partial charge in [0, 0.05) is 38.2 Å². The topological polar surface area (TPSA) is 30.2 Å². The first kappa shape index (κ1) is 27.1. The van der Waals surface area contributed by atoms with E-state index < -0.39 is 0 Å². The SMILES string of the molecule is c1ccc(-c2ccc(-c3cc(-c4ccccc4)nc(-c4cccc(-c5cc6c7ccccc7n7c8sccc8c(c5)c67)c4)n3)cc2)cc1. The van der Waals surface area contributed by atoms with Crippen molar-refractivity contribution >= 4 is 48.7 Å². The molecule has 48 heavy (non-hydrogen) atoms. The number of aromatic nitrogens is 3. The van der Waals surface area contributed by atoms with Crippen LogP contribution < -0.4 is 0 Å². The molecule has 4 heteroatoms. The Morgan fingerprint density at radius 2 is 0.979 bits per heavy atom. The van der Waals surface area contributed by atoms with E-state index in [0.717, 1.165) is 33.6 Å². The summed E-state index contributed by atoms with van der Waals surface area (Å²) in [6, 6.07) is 56.0. The molecule has 10 rings (SSSR count). The summed E-state index contributed by atoms with van der Waals surface area (Å²) in [7, 11) is 0. The lowest BCUT2D eigenvalue weighted by Gasteiger charge is -2.11. The number of thiophene rings is 1. The Morgan fingerprint density at radius 3 is 1.75 bits per heavy atom. The van der Waals surface area contributed by atoms with Crippen molar-refractivity contribution in [3.63, 3.8) is 0 Å². The quantitative estimate of drug-likeness (QED) is 0.190. The van der Waals surface area contributed by atoms with Crippen molar-refractivity contribution in [1.82, 2.24) is 14.4 Å². The van der Waals surface area contributed by atoms with E-state index in [1.54, 1.807) is 0 Å². The molecule has 0 spiro atoms.